The molecule has 0 saturated carbocycles. The summed E-state index contributed by atoms with van der Waals surface area (Å²) in [5.41, 5.74) is 1.18. The molecular formula is C21H29N5O5S. The molecule has 0 aliphatic carbocycles. The molecule has 1 fully saturated rings. The fourth-order valence-corrected chi connectivity index (χ4v) is 4.36. The molecule has 10 nitrogen and oxygen atoms in total. The van der Waals surface area contributed by atoms with E-state index in [1.807, 2.05) is 13.8 Å². The molecule has 0 spiro atoms. The van der Waals surface area contributed by atoms with Crippen molar-refractivity contribution in [3.63, 3.8) is 0 Å². The lowest BCUT2D eigenvalue weighted by atomic mass is 9.95. The van der Waals surface area contributed by atoms with Crippen LogP contribution in [0.15, 0.2) is 35.4 Å². The number of nitrogens with zero attached hydrogens (tertiary/aromatic N) is 4. The number of nitrogens with two attached hydrogens (primary N) is 1. The van der Waals surface area contributed by atoms with E-state index >= 15 is 0 Å². The first-order chi connectivity index (χ1) is 15.1. The smallest absolute Gasteiger partial charge is 0.309 e. The predicted molar refractivity (Wildman–Crippen MR) is 117 cm³/mol. The van der Waals surface area contributed by atoms with Gasteiger partial charge in [-0.05, 0) is 37.8 Å². The SMILES string of the molecule is CCOC(=O)C1CCN(C(=O)[C@H](C(C)C)n2cc(-c3ccc(S(N)(=O)=O)cc3)nn2)CC1. The third kappa shape index (κ3) is 5.33. The highest BCUT2D eigenvalue weighted by Crippen LogP contribution is 2.26. The Kier molecular flexibility index (Phi) is 7.29. The van der Waals surface area contributed by atoms with E-state index in [-0.39, 0.29) is 28.6 Å². The molecule has 2 aromatic rings. The summed E-state index contributed by atoms with van der Waals surface area (Å²) in [4.78, 5) is 27.0. The molecule has 1 saturated heterocycles. The van der Waals surface area contributed by atoms with Crippen LogP contribution >= 0.6 is 0 Å². The van der Waals surface area contributed by atoms with Crippen LogP contribution in [0.2, 0.25) is 0 Å². The number of primary sulfonamides is 1. The molecule has 1 amide bonds. The van der Waals surface area contributed by atoms with Crippen LogP contribution in [0.4, 0.5) is 0 Å². The van der Waals surface area contributed by atoms with Gasteiger partial charge in [0.05, 0.1) is 23.6 Å². The van der Waals surface area contributed by atoms with Gasteiger partial charge in [0, 0.05) is 18.7 Å². The Labute approximate surface area is 187 Å². The average Bonchev–Trinajstić information content (AvgIpc) is 3.23. The van der Waals surface area contributed by atoms with Gasteiger partial charge in [0.2, 0.25) is 15.9 Å². The summed E-state index contributed by atoms with van der Waals surface area (Å²) in [5.74, 6) is -0.475. The molecule has 2 heterocycles. The van der Waals surface area contributed by atoms with Gasteiger partial charge in [0.1, 0.15) is 11.7 Å². The Morgan fingerprint density at radius 2 is 1.81 bits per heavy atom. The second-order valence-corrected chi connectivity index (χ2v) is 9.76. The number of likely N-dealkylation sites (tertiary alicyclic amines) is 1. The van der Waals surface area contributed by atoms with Crippen LogP contribution in [-0.4, -0.2) is 59.9 Å². The summed E-state index contributed by atoms with van der Waals surface area (Å²) in [6, 6.07) is 5.46. The van der Waals surface area contributed by atoms with Crippen LogP contribution < -0.4 is 5.14 Å². The lowest BCUT2D eigenvalue weighted by Gasteiger charge is -2.34. The fourth-order valence-electron chi connectivity index (χ4n) is 3.85. The maximum atomic E-state index is 13.3. The van der Waals surface area contributed by atoms with E-state index in [0.717, 1.165) is 0 Å². The summed E-state index contributed by atoms with van der Waals surface area (Å²) in [7, 11) is -3.78. The fraction of sp³-hybridized carbons (Fsp3) is 0.524. The minimum atomic E-state index is -3.78. The zero-order valence-corrected chi connectivity index (χ0v) is 19.3. The van der Waals surface area contributed by atoms with Crippen molar-refractivity contribution in [2.75, 3.05) is 19.7 Å². The van der Waals surface area contributed by atoms with Crippen LogP contribution in [0.25, 0.3) is 11.3 Å². The molecule has 1 aromatic heterocycles. The van der Waals surface area contributed by atoms with E-state index in [4.69, 9.17) is 9.88 Å². The number of benzene rings is 1. The summed E-state index contributed by atoms with van der Waals surface area (Å²) in [5, 5.41) is 13.5. The molecule has 11 heteroatoms. The highest BCUT2D eigenvalue weighted by Gasteiger charge is 2.34. The van der Waals surface area contributed by atoms with Crippen molar-refractivity contribution in [3.8, 4) is 11.3 Å². The van der Waals surface area contributed by atoms with Gasteiger partial charge < -0.3 is 9.64 Å². The quantitative estimate of drug-likeness (QED) is 0.616. The van der Waals surface area contributed by atoms with Crippen LogP contribution in [0.5, 0.6) is 0 Å². The van der Waals surface area contributed by atoms with Crippen molar-refractivity contribution in [1.29, 1.82) is 0 Å². The summed E-state index contributed by atoms with van der Waals surface area (Å²) in [6.07, 6.45) is 2.84. The van der Waals surface area contributed by atoms with Gasteiger partial charge in [-0.1, -0.05) is 31.2 Å². The van der Waals surface area contributed by atoms with Crippen molar-refractivity contribution in [3.05, 3.63) is 30.5 Å². The zero-order chi connectivity index (χ0) is 23.5. The molecule has 0 unspecified atom stereocenters. The van der Waals surface area contributed by atoms with Crippen molar-refractivity contribution < 1.29 is 22.7 Å². The maximum Gasteiger partial charge on any atom is 0.309 e. The molecule has 174 valence electrons. The maximum absolute atomic E-state index is 13.3. The monoisotopic (exact) mass is 463 g/mol. The van der Waals surface area contributed by atoms with Crippen molar-refractivity contribution in [1.82, 2.24) is 19.9 Å². The van der Waals surface area contributed by atoms with E-state index < -0.39 is 16.1 Å². The number of hydrogen-bond donors (Lipinski definition) is 1. The van der Waals surface area contributed by atoms with Crippen molar-refractivity contribution in [2.45, 2.75) is 44.6 Å². The number of rotatable bonds is 7. The van der Waals surface area contributed by atoms with Crippen LogP contribution in [0, 0.1) is 11.8 Å². The summed E-state index contributed by atoms with van der Waals surface area (Å²) in [6.45, 7) is 6.99. The average molecular weight is 464 g/mol. The van der Waals surface area contributed by atoms with Gasteiger partial charge in [0.25, 0.3) is 0 Å². The number of aromatic nitrogens is 3. The van der Waals surface area contributed by atoms with Gasteiger partial charge in [-0.2, -0.15) is 0 Å². The lowest BCUT2D eigenvalue weighted by molar-refractivity contribution is -0.152. The van der Waals surface area contributed by atoms with E-state index in [1.165, 1.54) is 12.1 Å². The second-order valence-electron chi connectivity index (χ2n) is 8.19. The number of ether oxygens (including phenoxy) is 1. The molecular weight excluding hydrogens is 434 g/mol. The van der Waals surface area contributed by atoms with Crippen LogP contribution in [-0.2, 0) is 24.3 Å². The first-order valence-corrected chi connectivity index (χ1v) is 12.2. The Hall–Kier alpha value is -2.79. The van der Waals surface area contributed by atoms with E-state index in [1.54, 1.807) is 34.8 Å². The minimum absolute atomic E-state index is 0.00935. The molecule has 3 rings (SSSR count). The Balaban J connectivity index is 1.73. The lowest BCUT2D eigenvalue weighted by Crippen LogP contribution is -2.45. The van der Waals surface area contributed by atoms with E-state index in [9.17, 15) is 18.0 Å². The minimum Gasteiger partial charge on any atom is -0.466 e. The molecule has 1 aliphatic heterocycles. The van der Waals surface area contributed by atoms with Gasteiger partial charge in [-0.25, -0.2) is 18.2 Å². The first kappa shape index (κ1) is 23.9. The normalized spacial score (nSPS) is 16.2. The number of sulfonamides is 1. The standard InChI is InChI=1S/C21H29N5O5S/c1-4-31-21(28)16-9-11-25(12-10-16)20(27)19(14(2)3)26-13-18(23-24-26)15-5-7-17(8-6-15)32(22,29)30/h5-8,13-14,16,19H,4,9-12H2,1-3H3,(H2,22,29,30)/t19-/m0/s1. The number of carbonyl (C=O) groups is 2. The summed E-state index contributed by atoms with van der Waals surface area (Å²) >= 11 is 0. The largest absolute Gasteiger partial charge is 0.466 e. The van der Waals surface area contributed by atoms with Gasteiger partial charge >= 0.3 is 5.97 Å². The predicted octanol–water partition coefficient (Wildman–Crippen LogP) is 1.59. The second kappa shape index (κ2) is 9.78. The summed E-state index contributed by atoms with van der Waals surface area (Å²) < 4.78 is 29.5. The van der Waals surface area contributed by atoms with Crippen molar-refractivity contribution in [2.24, 2.45) is 17.0 Å². The van der Waals surface area contributed by atoms with Crippen LogP contribution in [0.1, 0.15) is 39.7 Å². The molecule has 1 atom stereocenters. The van der Waals surface area contributed by atoms with Gasteiger partial charge in [-0.3, -0.25) is 9.59 Å². The number of carbonyl (C=O) groups excluding carboxylic acids is 2. The molecule has 1 aromatic carbocycles. The highest BCUT2D eigenvalue weighted by molar-refractivity contribution is 7.89. The molecule has 32 heavy (non-hydrogen) atoms. The Morgan fingerprint density at radius 1 is 1.19 bits per heavy atom. The van der Waals surface area contributed by atoms with E-state index in [2.05, 4.69) is 10.3 Å². The van der Waals surface area contributed by atoms with Crippen LogP contribution in [0.3, 0.4) is 0 Å². The molecule has 2 N–H and O–H groups in total. The number of esters is 1. The molecule has 1 aliphatic rings. The van der Waals surface area contributed by atoms with Gasteiger partial charge in [0.15, 0.2) is 0 Å². The third-order valence-electron chi connectivity index (χ3n) is 5.58. The zero-order valence-electron chi connectivity index (χ0n) is 18.5. The Bertz CT molecular complexity index is 1060. The highest BCUT2D eigenvalue weighted by atomic mass is 32.2. The Morgan fingerprint density at radius 3 is 2.34 bits per heavy atom. The number of hydrogen-bond acceptors (Lipinski definition) is 7. The number of piperidine rings is 1. The van der Waals surface area contributed by atoms with Crippen molar-refractivity contribution >= 4 is 21.9 Å². The molecule has 0 radical (unpaired) electrons. The first-order valence-electron chi connectivity index (χ1n) is 10.6. The van der Waals surface area contributed by atoms with Gasteiger partial charge in [-0.15, -0.1) is 5.10 Å². The third-order valence-corrected chi connectivity index (χ3v) is 6.51. The van der Waals surface area contributed by atoms with E-state index in [0.29, 0.717) is 43.8 Å². The number of amides is 1. The topological polar surface area (TPSA) is 137 Å². The molecule has 0 bridgehead atoms.